The van der Waals surface area contributed by atoms with Crippen molar-refractivity contribution in [2.75, 3.05) is 19.4 Å². The maximum atomic E-state index is 11.9. The molecule has 0 unspecified atom stereocenters. The summed E-state index contributed by atoms with van der Waals surface area (Å²) >= 11 is 3.14. The van der Waals surface area contributed by atoms with E-state index in [0.717, 1.165) is 26.5 Å². The van der Waals surface area contributed by atoms with Gasteiger partial charge in [-0.3, -0.25) is 4.79 Å². The van der Waals surface area contributed by atoms with Crippen molar-refractivity contribution in [3.63, 3.8) is 0 Å². The van der Waals surface area contributed by atoms with Gasteiger partial charge in [-0.05, 0) is 29.8 Å². The molecule has 3 rings (SSSR count). The maximum absolute atomic E-state index is 11.9. The summed E-state index contributed by atoms with van der Waals surface area (Å²) in [5.74, 6) is 1.65. The van der Waals surface area contributed by atoms with E-state index in [2.05, 4.69) is 15.5 Å². The summed E-state index contributed by atoms with van der Waals surface area (Å²) in [7, 11) is 3.50. The molecule has 8 heteroatoms. The Hall–Kier alpha value is -2.32. The molecule has 0 saturated carbocycles. The highest BCUT2D eigenvalue weighted by molar-refractivity contribution is 8.00. The second-order valence-corrected chi connectivity index (χ2v) is 7.69. The van der Waals surface area contributed by atoms with Crippen molar-refractivity contribution in [2.45, 2.75) is 16.6 Å². The predicted molar refractivity (Wildman–Crippen MR) is 100.0 cm³/mol. The fourth-order valence-electron chi connectivity index (χ4n) is 2.06. The predicted octanol–water partition coefficient (Wildman–Crippen LogP) is 3.74. The number of nitrogens with one attached hydrogen (secondary N) is 1. The Kier molecular flexibility index (Phi) is 5.72. The average Bonchev–Trinajstić information content (AvgIpc) is 3.29. The molecule has 3 aromatic rings. The van der Waals surface area contributed by atoms with Crippen LogP contribution in [0.2, 0.25) is 0 Å². The van der Waals surface area contributed by atoms with Crippen LogP contribution in [0.1, 0.15) is 21.7 Å². The number of aromatic nitrogens is 2. The van der Waals surface area contributed by atoms with Gasteiger partial charge < -0.3 is 14.6 Å². The zero-order valence-corrected chi connectivity index (χ0v) is 15.6. The fraction of sp³-hybridized carbons (Fsp3) is 0.235. The topological polar surface area (TPSA) is 71.3 Å². The van der Waals surface area contributed by atoms with Gasteiger partial charge in [-0.15, -0.1) is 10.2 Å². The lowest BCUT2D eigenvalue weighted by molar-refractivity contribution is 0.0827. The van der Waals surface area contributed by atoms with Crippen LogP contribution in [0.5, 0.6) is 0 Å². The third kappa shape index (κ3) is 4.83. The van der Waals surface area contributed by atoms with Crippen LogP contribution in [0.15, 0.2) is 51.4 Å². The van der Waals surface area contributed by atoms with Gasteiger partial charge in [0.15, 0.2) is 4.34 Å². The lowest BCUT2D eigenvalue weighted by atomic mass is 10.1. The lowest BCUT2D eigenvalue weighted by Crippen LogP contribution is -2.21. The molecule has 0 aliphatic rings. The fourth-order valence-corrected chi connectivity index (χ4v) is 3.77. The van der Waals surface area contributed by atoms with Gasteiger partial charge in [-0.25, -0.2) is 0 Å². The first-order valence-corrected chi connectivity index (χ1v) is 9.45. The summed E-state index contributed by atoms with van der Waals surface area (Å²) in [6.45, 7) is 0.591. The number of carbonyl (C=O) groups excluding carboxylic acids is 1. The van der Waals surface area contributed by atoms with Crippen molar-refractivity contribution in [2.24, 2.45) is 0 Å². The van der Waals surface area contributed by atoms with E-state index in [1.165, 1.54) is 11.3 Å². The van der Waals surface area contributed by atoms with Crippen molar-refractivity contribution in [3.05, 3.63) is 59.5 Å². The van der Waals surface area contributed by atoms with Crippen LogP contribution in [-0.2, 0) is 12.3 Å². The van der Waals surface area contributed by atoms with E-state index in [1.807, 2.05) is 36.4 Å². The Morgan fingerprint density at radius 1 is 1.24 bits per heavy atom. The van der Waals surface area contributed by atoms with Gasteiger partial charge in [0.05, 0.1) is 12.8 Å². The first-order valence-electron chi connectivity index (χ1n) is 7.65. The molecule has 0 saturated heterocycles. The van der Waals surface area contributed by atoms with Gasteiger partial charge in [-0.1, -0.05) is 35.2 Å². The minimum Gasteiger partial charge on any atom is -0.467 e. The van der Waals surface area contributed by atoms with Gasteiger partial charge in [0.2, 0.25) is 5.13 Å². The van der Waals surface area contributed by atoms with E-state index in [9.17, 15) is 4.79 Å². The number of thioether (sulfide) groups is 1. The maximum Gasteiger partial charge on any atom is 0.253 e. The highest BCUT2D eigenvalue weighted by Crippen LogP contribution is 2.28. The SMILES string of the molecule is CN(C)C(=O)c1ccc(CSc2nnc(NCc3ccco3)s2)cc1. The summed E-state index contributed by atoms with van der Waals surface area (Å²) in [5, 5.41) is 12.3. The normalized spacial score (nSPS) is 10.6. The molecular formula is C17H18N4O2S2. The summed E-state index contributed by atoms with van der Waals surface area (Å²) in [4.78, 5) is 13.4. The third-order valence-electron chi connectivity index (χ3n) is 3.37. The van der Waals surface area contributed by atoms with Crippen molar-refractivity contribution in [1.82, 2.24) is 15.1 Å². The van der Waals surface area contributed by atoms with Crippen molar-refractivity contribution < 1.29 is 9.21 Å². The summed E-state index contributed by atoms with van der Waals surface area (Å²) < 4.78 is 6.17. The number of hydrogen-bond acceptors (Lipinski definition) is 7. The Bertz CT molecular complexity index is 814. The molecule has 2 heterocycles. The number of furan rings is 1. The van der Waals surface area contributed by atoms with Crippen LogP contribution >= 0.6 is 23.1 Å². The summed E-state index contributed by atoms with van der Waals surface area (Å²) in [6, 6.07) is 11.4. The molecule has 0 radical (unpaired) electrons. The van der Waals surface area contributed by atoms with Gasteiger partial charge in [0.1, 0.15) is 5.76 Å². The zero-order chi connectivity index (χ0) is 17.6. The minimum atomic E-state index is 0.00981. The van der Waals surface area contributed by atoms with Crippen LogP contribution in [0, 0.1) is 0 Å². The Morgan fingerprint density at radius 2 is 2.04 bits per heavy atom. The van der Waals surface area contributed by atoms with Gasteiger partial charge in [-0.2, -0.15) is 0 Å². The first-order chi connectivity index (χ1) is 12.1. The molecule has 1 amide bonds. The number of carbonyl (C=O) groups is 1. The van der Waals surface area contributed by atoms with Crippen LogP contribution in [0.4, 0.5) is 5.13 Å². The molecule has 2 aromatic heterocycles. The molecule has 0 atom stereocenters. The number of benzene rings is 1. The summed E-state index contributed by atoms with van der Waals surface area (Å²) in [5.41, 5.74) is 1.83. The van der Waals surface area contributed by atoms with Crippen molar-refractivity contribution in [1.29, 1.82) is 0 Å². The van der Waals surface area contributed by atoms with E-state index in [-0.39, 0.29) is 5.91 Å². The van der Waals surface area contributed by atoms with E-state index in [4.69, 9.17) is 4.42 Å². The number of anilines is 1. The third-order valence-corrected chi connectivity index (χ3v) is 5.46. The molecule has 25 heavy (non-hydrogen) atoms. The monoisotopic (exact) mass is 374 g/mol. The second-order valence-electron chi connectivity index (χ2n) is 5.49. The standard InChI is InChI=1S/C17H18N4O2S2/c1-21(2)15(22)13-7-5-12(6-8-13)11-24-17-20-19-16(25-17)18-10-14-4-3-9-23-14/h3-9H,10-11H2,1-2H3,(H,18,19). The number of hydrogen-bond donors (Lipinski definition) is 1. The smallest absolute Gasteiger partial charge is 0.253 e. The number of amides is 1. The largest absolute Gasteiger partial charge is 0.467 e. The van der Waals surface area contributed by atoms with E-state index in [1.54, 1.807) is 37.0 Å². The van der Waals surface area contributed by atoms with Crippen LogP contribution in [-0.4, -0.2) is 35.1 Å². The molecule has 0 aliphatic carbocycles. The highest BCUT2D eigenvalue weighted by atomic mass is 32.2. The lowest BCUT2D eigenvalue weighted by Gasteiger charge is -2.10. The van der Waals surface area contributed by atoms with E-state index < -0.39 is 0 Å². The Balaban J connectivity index is 1.51. The molecule has 6 nitrogen and oxygen atoms in total. The number of rotatable bonds is 7. The second kappa shape index (κ2) is 8.17. The molecule has 1 N–H and O–H groups in total. The van der Waals surface area contributed by atoms with Crippen LogP contribution < -0.4 is 5.32 Å². The molecule has 0 spiro atoms. The van der Waals surface area contributed by atoms with Crippen molar-refractivity contribution >= 4 is 34.1 Å². The quantitative estimate of drug-likeness (QED) is 0.635. The Labute approximate surface area is 154 Å². The molecule has 0 bridgehead atoms. The zero-order valence-electron chi connectivity index (χ0n) is 13.9. The molecule has 130 valence electrons. The number of nitrogens with zero attached hydrogens (tertiary/aromatic N) is 3. The molecule has 0 fully saturated rings. The van der Waals surface area contributed by atoms with Gasteiger partial charge in [0.25, 0.3) is 5.91 Å². The minimum absolute atomic E-state index is 0.00981. The van der Waals surface area contributed by atoms with E-state index >= 15 is 0 Å². The molecule has 0 aliphatic heterocycles. The summed E-state index contributed by atoms with van der Waals surface area (Å²) in [6.07, 6.45) is 1.65. The molecular weight excluding hydrogens is 356 g/mol. The first kappa shape index (κ1) is 17.5. The molecule has 1 aromatic carbocycles. The van der Waals surface area contributed by atoms with Crippen LogP contribution in [0.25, 0.3) is 0 Å². The van der Waals surface area contributed by atoms with E-state index in [0.29, 0.717) is 12.1 Å². The van der Waals surface area contributed by atoms with Gasteiger partial charge >= 0.3 is 0 Å². The van der Waals surface area contributed by atoms with Crippen LogP contribution in [0.3, 0.4) is 0 Å². The average molecular weight is 374 g/mol. The van der Waals surface area contributed by atoms with Crippen molar-refractivity contribution in [3.8, 4) is 0 Å². The highest BCUT2D eigenvalue weighted by Gasteiger charge is 2.09. The Morgan fingerprint density at radius 3 is 2.72 bits per heavy atom. The van der Waals surface area contributed by atoms with Gasteiger partial charge in [0, 0.05) is 25.4 Å².